The van der Waals surface area contributed by atoms with Crippen molar-refractivity contribution in [3.63, 3.8) is 0 Å². The van der Waals surface area contributed by atoms with Crippen LogP contribution in [0.1, 0.15) is 28.7 Å². The van der Waals surface area contributed by atoms with E-state index in [9.17, 15) is 13.2 Å². The molecule has 9 heteroatoms. The molecule has 24 heavy (non-hydrogen) atoms. The van der Waals surface area contributed by atoms with Crippen molar-refractivity contribution in [1.82, 2.24) is 14.9 Å². The van der Waals surface area contributed by atoms with Crippen LogP contribution < -0.4 is 10.0 Å². The second-order valence-electron chi connectivity index (χ2n) is 4.76. The van der Waals surface area contributed by atoms with E-state index in [1.807, 2.05) is 6.92 Å². The molecule has 0 aliphatic heterocycles. The maximum atomic E-state index is 12.2. The van der Waals surface area contributed by atoms with Crippen molar-refractivity contribution in [2.75, 3.05) is 11.9 Å². The Bertz CT molecular complexity index is 852. The standard InChI is InChI=1S/C15H16N4O3S2/c1-3-5-13-18-19-15(23-13)17-14(20)11-6-8-12(9-7-11)24(21,22)16-10-4-2/h2,6-9,16H,3,5,10H2,1H3,(H,17,19,20). The number of aromatic nitrogens is 2. The highest BCUT2D eigenvalue weighted by atomic mass is 32.2. The van der Waals surface area contributed by atoms with E-state index in [0.717, 1.165) is 17.8 Å². The van der Waals surface area contributed by atoms with Gasteiger partial charge in [-0.2, -0.15) is 4.72 Å². The normalized spacial score (nSPS) is 11.0. The van der Waals surface area contributed by atoms with E-state index in [2.05, 4.69) is 26.2 Å². The SMILES string of the molecule is C#CCNS(=O)(=O)c1ccc(C(=O)Nc2nnc(CCC)s2)cc1. The molecule has 0 bridgehead atoms. The van der Waals surface area contributed by atoms with Crippen LogP contribution in [0.15, 0.2) is 29.2 Å². The molecule has 0 spiro atoms. The van der Waals surface area contributed by atoms with Gasteiger partial charge in [0.25, 0.3) is 5.91 Å². The van der Waals surface area contributed by atoms with Gasteiger partial charge in [0.15, 0.2) is 0 Å². The molecule has 0 atom stereocenters. The molecular formula is C15H16N4O3S2. The van der Waals surface area contributed by atoms with Crippen LogP contribution in [0.2, 0.25) is 0 Å². The number of amides is 1. The third-order valence-corrected chi connectivity index (χ3v) is 5.26. The summed E-state index contributed by atoms with van der Waals surface area (Å²) < 4.78 is 26.1. The van der Waals surface area contributed by atoms with Crippen molar-refractivity contribution in [1.29, 1.82) is 0 Å². The number of hydrogen-bond donors (Lipinski definition) is 2. The molecule has 126 valence electrons. The lowest BCUT2D eigenvalue weighted by atomic mass is 10.2. The summed E-state index contributed by atoms with van der Waals surface area (Å²) in [7, 11) is -3.67. The maximum absolute atomic E-state index is 12.2. The summed E-state index contributed by atoms with van der Waals surface area (Å²) >= 11 is 1.32. The van der Waals surface area contributed by atoms with Crippen molar-refractivity contribution < 1.29 is 13.2 Å². The molecule has 1 aromatic heterocycles. The second-order valence-corrected chi connectivity index (χ2v) is 7.59. The average molecular weight is 364 g/mol. The first-order valence-corrected chi connectivity index (χ1v) is 9.43. The molecule has 2 aromatic rings. The van der Waals surface area contributed by atoms with Crippen LogP contribution in [-0.2, 0) is 16.4 Å². The van der Waals surface area contributed by atoms with Gasteiger partial charge in [-0.05, 0) is 30.7 Å². The predicted molar refractivity (Wildman–Crippen MR) is 92.3 cm³/mol. The third-order valence-electron chi connectivity index (χ3n) is 2.94. The smallest absolute Gasteiger partial charge is 0.257 e. The number of aryl methyl sites for hydroxylation is 1. The molecule has 0 fully saturated rings. The van der Waals surface area contributed by atoms with Crippen LogP contribution in [0, 0.1) is 12.3 Å². The molecule has 1 heterocycles. The number of nitrogens with one attached hydrogen (secondary N) is 2. The topological polar surface area (TPSA) is 101 Å². The van der Waals surface area contributed by atoms with Crippen molar-refractivity contribution in [3.05, 3.63) is 34.8 Å². The maximum Gasteiger partial charge on any atom is 0.257 e. The van der Waals surface area contributed by atoms with Gasteiger partial charge in [-0.15, -0.1) is 16.6 Å². The molecule has 1 amide bonds. The van der Waals surface area contributed by atoms with E-state index in [1.165, 1.54) is 35.6 Å². The van der Waals surface area contributed by atoms with Crippen molar-refractivity contribution in [2.45, 2.75) is 24.7 Å². The fraction of sp³-hybridized carbons (Fsp3) is 0.267. The molecular weight excluding hydrogens is 348 g/mol. The van der Waals surface area contributed by atoms with Gasteiger partial charge in [-0.1, -0.05) is 24.2 Å². The fourth-order valence-electron chi connectivity index (χ4n) is 1.79. The Kier molecular flexibility index (Phi) is 6.03. The minimum absolute atomic E-state index is 0.0375. The number of nitrogens with zero attached hydrogens (tertiary/aromatic N) is 2. The lowest BCUT2D eigenvalue weighted by molar-refractivity contribution is 0.102. The molecule has 0 radical (unpaired) electrons. The van der Waals surface area contributed by atoms with Gasteiger partial charge >= 0.3 is 0 Å². The summed E-state index contributed by atoms with van der Waals surface area (Å²) in [6.45, 7) is 1.94. The highest BCUT2D eigenvalue weighted by Crippen LogP contribution is 2.18. The van der Waals surface area contributed by atoms with Gasteiger partial charge < -0.3 is 0 Å². The molecule has 1 aromatic carbocycles. The first kappa shape index (κ1) is 18.1. The quantitative estimate of drug-likeness (QED) is 0.728. The number of hydrogen-bond acceptors (Lipinski definition) is 6. The summed E-state index contributed by atoms with van der Waals surface area (Å²) in [5.41, 5.74) is 0.318. The number of rotatable bonds is 7. The van der Waals surface area contributed by atoms with E-state index in [4.69, 9.17) is 6.42 Å². The Hall–Kier alpha value is -2.28. The lowest BCUT2D eigenvalue weighted by Crippen LogP contribution is -2.24. The van der Waals surface area contributed by atoms with Gasteiger partial charge in [-0.25, -0.2) is 8.42 Å². The largest absolute Gasteiger partial charge is 0.296 e. The van der Waals surface area contributed by atoms with E-state index in [-0.39, 0.29) is 17.3 Å². The van der Waals surface area contributed by atoms with Gasteiger partial charge in [0.2, 0.25) is 15.2 Å². The molecule has 0 saturated carbocycles. The van der Waals surface area contributed by atoms with Crippen LogP contribution in [0.5, 0.6) is 0 Å². The summed E-state index contributed by atoms with van der Waals surface area (Å²) in [5, 5.41) is 11.8. The molecule has 0 saturated heterocycles. The van der Waals surface area contributed by atoms with Gasteiger partial charge in [0.1, 0.15) is 5.01 Å². The number of carbonyl (C=O) groups is 1. The zero-order valence-corrected chi connectivity index (χ0v) is 14.6. The van der Waals surface area contributed by atoms with Crippen LogP contribution in [0.4, 0.5) is 5.13 Å². The number of sulfonamides is 1. The molecule has 7 nitrogen and oxygen atoms in total. The zero-order valence-electron chi connectivity index (χ0n) is 12.9. The fourth-order valence-corrected chi connectivity index (χ4v) is 3.56. The monoisotopic (exact) mass is 364 g/mol. The Morgan fingerprint density at radius 1 is 1.29 bits per heavy atom. The van der Waals surface area contributed by atoms with E-state index >= 15 is 0 Å². The number of carbonyl (C=O) groups excluding carboxylic acids is 1. The number of benzene rings is 1. The summed E-state index contributed by atoms with van der Waals surface area (Å²) in [5.74, 6) is 1.82. The minimum Gasteiger partial charge on any atom is -0.296 e. The average Bonchev–Trinajstić information content (AvgIpc) is 3.00. The van der Waals surface area contributed by atoms with Crippen LogP contribution in [0.25, 0.3) is 0 Å². The Morgan fingerprint density at radius 3 is 2.62 bits per heavy atom. The van der Waals surface area contributed by atoms with Gasteiger partial charge in [0, 0.05) is 12.0 Å². The highest BCUT2D eigenvalue weighted by Gasteiger charge is 2.15. The van der Waals surface area contributed by atoms with Gasteiger partial charge in [-0.3, -0.25) is 10.1 Å². The Labute approximate surface area is 144 Å². The van der Waals surface area contributed by atoms with Crippen molar-refractivity contribution >= 4 is 32.4 Å². The van der Waals surface area contributed by atoms with Crippen LogP contribution in [0.3, 0.4) is 0 Å². The van der Waals surface area contributed by atoms with E-state index in [0.29, 0.717) is 10.7 Å². The van der Waals surface area contributed by atoms with Crippen molar-refractivity contribution in [2.24, 2.45) is 0 Å². The minimum atomic E-state index is -3.67. The van der Waals surface area contributed by atoms with Gasteiger partial charge in [0.05, 0.1) is 11.4 Å². The Morgan fingerprint density at radius 2 is 2.00 bits per heavy atom. The molecule has 2 N–H and O–H groups in total. The molecule has 2 rings (SSSR count). The summed E-state index contributed by atoms with van der Waals surface area (Å²) in [6, 6.07) is 5.54. The highest BCUT2D eigenvalue weighted by molar-refractivity contribution is 7.89. The first-order valence-electron chi connectivity index (χ1n) is 7.13. The summed E-state index contributed by atoms with van der Waals surface area (Å²) in [6.07, 6.45) is 6.79. The zero-order chi connectivity index (χ0) is 17.6. The molecule has 0 aliphatic rings. The van der Waals surface area contributed by atoms with Crippen molar-refractivity contribution in [3.8, 4) is 12.3 Å². The third kappa shape index (κ3) is 4.61. The predicted octanol–water partition coefficient (Wildman–Crippen LogP) is 1.65. The number of terminal acetylenes is 1. The van der Waals surface area contributed by atoms with Crippen LogP contribution in [-0.4, -0.2) is 31.1 Å². The summed E-state index contributed by atoms with van der Waals surface area (Å²) in [4.78, 5) is 12.2. The molecule has 0 aliphatic carbocycles. The van der Waals surface area contributed by atoms with Crippen LogP contribution >= 0.6 is 11.3 Å². The Balaban J connectivity index is 2.07. The second kappa shape index (κ2) is 8.01. The number of anilines is 1. The molecule has 0 unspecified atom stereocenters. The lowest BCUT2D eigenvalue weighted by Gasteiger charge is -2.05. The van der Waals surface area contributed by atoms with E-state index in [1.54, 1.807) is 0 Å². The van der Waals surface area contributed by atoms with E-state index < -0.39 is 10.0 Å². The first-order chi connectivity index (χ1) is 11.5.